The van der Waals surface area contributed by atoms with Crippen LogP contribution in [0.3, 0.4) is 0 Å². The minimum atomic E-state index is -5.08. The van der Waals surface area contributed by atoms with Gasteiger partial charge in [0.1, 0.15) is 17.3 Å². The molecular formula is C20H18ClF3N2O5S. The molecule has 0 spiro atoms. The number of carboxylic acids is 1. The van der Waals surface area contributed by atoms with Crippen LogP contribution in [0.2, 0.25) is 5.02 Å². The number of carbonyl (C=O) groups is 1. The Balaban J connectivity index is 0.000000360. The zero-order chi connectivity index (χ0) is 23.7. The van der Waals surface area contributed by atoms with Crippen LogP contribution in [0.25, 0.3) is 10.9 Å². The summed E-state index contributed by atoms with van der Waals surface area (Å²) in [6.45, 7) is 3.38. The predicted octanol–water partition coefficient (Wildman–Crippen LogP) is 4.21. The van der Waals surface area contributed by atoms with Crippen LogP contribution in [0.5, 0.6) is 5.75 Å². The first-order valence-electron chi connectivity index (χ1n) is 9.25. The number of fused-ring (bicyclic) bond motifs is 3. The van der Waals surface area contributed by atoms with Crippen molar-refractivity contribution in [3.05, 3.63) is 59.2 Å². The van der Waals surface area contributed by atoms with E-state index in [0.29, 0.717) is 12.1 Å². The van der Waals surface area contributed by atoms with Gasteiger partial charge in [-0.05, 0) is 37.3 Å². The Morgan fingerprint density at radius 2 is 1.88 bits per heavy atom. The lowest BCUT2D eigenvalue weighted by molar-refractivity contribution is -0.192. The second-order valence-corrected chi connectivity index (χ2v) is 8.97. The number of hydrogen-bond acceptors (Lipinski definition) is 5. The number of rotatable bonds is 2. The third kappa shape index (κ3) is 4.69. The average Bonchev–Trinajstić information content (AvgIpc) is 3.06. The molecule has 0 amide bonds. The quantitative estimate of drug-likeness (QED) is 0.558. The summed E-state index contributed by atoms with van der Waals surface area (Å²) < 4.78 is 65.0. The fourth-order valence-electron chi connectivity index (χ4n) is 3.28. The molecular weight excluding hydrogens is 473 g/mol. The largest absolute Gasteiger partial charge is 0.492 e. The number of carboxylic acid groups (broad SMARTS) is 1. The maximum atomic E-state index is 13.1. The van der Waals surface area contributed by atoms with E-state index in [0.717, 1.165) is 23.2 Å². The van der Waals surface area contributed by atoms with E-state index in [4.69, 9.17) is 26.2 Å². The highest BCUT2D eigenvalue weighted by Gasteiger charge is 2.38. The lowest BCUT2D eigenvalue weighted by atomic mass is 10.0. The first-order valence-corrected chi connectivity index (χ1v) is 11.1. The molecule has 0 saturated carbocycles. The molecule has 3 aromatic rings. The van der Waals surface area contributed by atoms with Crippen molar-refractivity contribution in [1.82, 2.24) is 9.29 Å². The smallest absolute Gasteiger partial charge is 0.490 e. The molecule has 2 N–H and O–H groups in total. The van der Waals surface area contributed by atoms with Crippen molar-refractivity contribution in [2.45, 2.75) is 24.0 Å². The summed E-state index contributed by atoms with van der Waals surface area (Å²) in [6, 6.07) is 12.0. The van der Waals surface area contributed by atoms with Gasteiger partial charge in [-0.15, -0.1) is 0 Å². The summed E-state index contributed by atoms with van der Waals surface area (Å²) in [4.78, 5) is 8.99. The average molecular weight is 491 g/mol. The summed E-state index contributed by atoms with van der Waals surface area (Å²) in [5, 5.41) is 11.6. The molecule has 1 aliphatic rings. The topological polar surface area (TPSA) is 97.6 Å². The minimum Gasteiger partial charge on any atom is -0.492 e. The first-order chi connectivity index (χ1) is 14.9. The zero-order valence-corrected chi connectivity index (χ0v) is 18.1. The van der Waals surface area contributed by atoms with Crippen LogP contribution >= 0.6 is 11.6 Å². The molecule has 0 saturated heterocycles. The van der Waals surface area contributed by atoms with Crippen molar-refractivity contribution in [3.63, 3.8) is 0 Å². The van der Waals surface area contributed by atoms with Crippen molar-refractivity contribution in [1.29, 1.82) is 0 Å². The number of nitrogens with one attached hydrogen (secondary N) is 1. The summed E-state index contributed by atoms with van der Waals surface area (Å²) in [5.74, 6) is -1.97. The highest BCUT2D eigenvalue weighted by atomic mass is 35.5. The number of ether oxygens (including phenoxy) is 1. The van der Waals surface area contributed by atoms with Crippen LogP contribution in [-0.2, 0) is 14.8 Å². The van der Waals surface area contributed by atoms with Gasteiger partial charge in [-0.1, -0.05) is 23.7 Å². The van der Waals surface area contributed by atoms with Gasteiger partial charge in [0.25, 0.3) is 10.0 Å². The molecule has 32 heavy (non-hydrogen) atoms. The van der Waals surface area contributed by atoms with E-state index in [1.807, 2.05) is 19.1 Å². The minimum absolute atomic E-state index is 0.0695. The normalized spacial score (nSPS) is 16.3. The van der Waals surface area contributed by atoms with Gasteiger partial charge in [0.05, 0.1) is 10.5 Å². The van der Waals surface area contributed by atoms with E-state index in [1.165, 1.54) is 10.0 Å². The van der Waals surface area contributed by atoms with Crippen LogP contribution in [0.4, 0.5) is 13.2 Å². The van der Waals surface area contributed by atoms with Gasteiger partial charge < -0.3 is 15.2 Å². The molecule has 1 aliphatic heterocycles. The number of benzene rings is 2. The van der Waals surface area contributed by atoms with Crippen LogP contribution in [-0.4, -0.2) is 42.8 Å². The number of aromatic nitrogens is 1. The Kier molecular flexibility index (Phi) is 6.72. The van der Waals surface area contributed by atoms with Crippen LogP contribution < -0.4 is 10.1 Å². The number of alkyl halides is 3. The molecule has 2 aromatic carbocycles. The lowest BCUT2D eigenvalue weighted by Crippen LogP contribution is -2.21. The van der Waals surface area contributed by atoms with Crippen LogP contribution in [0.15, 0.2) is 53.6 Å². The standard InChI is InChI=1S/C18H17ClN2O3S.C2HF3O2/c1-12-18-13-8-10-21(15(13)6-7-16(18)24-11-9-20-12)25(22,23)17-5-3-2-4-14(17)19;3-2(4,5)1(6)7/h2-8,10,12,20H,9,11H2,1H3;(H,6,7). The number of halogens is 4. The van der Waals surface area contributed by atoms with E-state index < -0.39 is 22.2 Å². The van der Waals surface area contributed by atoms with Gasteiger partial charge in [0.15, 0.2) is 0 Å². The van der Waals surface area contributed by atoms with E-state index in [9.17, 15) is 21.6 Å². The molecule has 12 heteroatoms. The van der Waals surface area contributed by atoms with Gasteiger partial charge in [-0.25, -0.2) is 17.2 Å². The number of aliphatic carboxylic acids is 1. The molecule has 7 nitrogen and oxygen atoms in total. The van der Waals surface area contributed by atoms with Gasteiger partial charge in [-0.2, -0.15) is 13.2 Å². The Hall–Kier alpha value is -2.76. The third-order valence-electron chi connectivity index (χ3n) is 4.70. The maximum absolute atomic E-state index is 13.1. The van der Waals surface area contributed by atoms with Crippen molar-refractivity contribution in [2.75, 3.05) is 13.2 Å². The summed E-state index contributed by atoms with van der Waals surface area (Å²) in [5.41, 5.74) is 1.58. The van der Waals surface area contributed by atoms with Crippen molar-refractivity contribution >= 4 is 38.5 Å². The summed E-state index contributed by atoms with van der Waals surface area (Å²) in [6.07, 6.45) is -3.51. The first kappa shape index (κ1) is 23.9. The molecule has 0 aliphatic carbocycles. The zero-order valence-electron chi connectivity index (χ0n) is 16.6. The maximum Gasteiger partial charge on any atom is 0.490 e. The number of hydrogen-bond donors (Lipinski definition) is 2. The Morgan fingerprint density at radius 1 is 1.22 bits per heavy atom. The molecule has 1 aromatic heterocycles. The highest BCUT2D eigenvalue weighted by molar-refractivity contribution is 7.90. The molecule has 4 rings (SSSR count). The Bertz CT molecular complexity index is 1260. The van der Waals surface area contributed by atoms with Crippen LogP contribution in [0, 0.1) is 0 Å². The molecule has 2 heterocycles. The highest BCUT2D eigenvalue weighted by Crippen LogP contribution is 2.36. The van der Waals surface area contributed by atoms with Crippen molar-refractivity contribution in [2.24, 2.45) is 0 Å². The van der Waals surface area contributed by atoms with Crippen LogP contribution in [0.1, 0.15) is 18.5 Å². The van der Waals surface area contributed by atoms with Gasteiger partial charge in [0, 0.05) is 29.7 Å². The molecule has 1 atom stereocenters. The van der Waals surface area contributed by atoms with Crippen molar-refractivity contribution in [3.8, 4) is 5.75 Å². The molecule has 172 valence electrons. The van der Waals surface area contributed by atoms with E-state index >= 15 is 0 Å². The molecule has 0 fully saturated rings. The fourth-order valence-corrected chi connectivity index (χ4v) is 5.12. The summed E-state index contributed by atoms with van der Waals surface area (Å²) >= 11 is 6.11. The predicted molar refractivity (Wildman–Crippen MR) is 112 cm³/mol. The Morgan fingerprint density at radius 3 is 2.50 bits per heavy atom. The van der Waals surface area contributed by atoms with Crippen molar-refractivity contribution < 1.29 is 36.2 Å². The Labute approximate surface area is 186 Å². The van der Waals surface area contributed by atoms with Gasteiger partial charge in [0.2, 0.25) is 0 Å². The molecule has 1 unspecified atom stereocenters. The second-order valence-electron chi connectivity index (χ2n) is 6.78. The molecule has 0 radical (unpaired) electrons. The van der Waals surface area contributed by atoms with Gasteiger partial charge in [-0.3, -0.25) is 0 Å². The van der Waals surface area contributed by atoms with E-state index in [2.05, 4.69) is 5.32 Å². The van der Waals surface area contributed by atoms with Gasteiger partial charge >= 0.3 is 12.1 Å². The number of nitrogens with zero attached hydrogens (tertiary/aromatic N) is 1. The molecule has 0 bridgehead atoms. The third-order valence-corrected chi connectivity index (χ3v) is 6.89. The lowest BCUT2D eigenvalue weighted by Gasteiger charge is -2.15. The van der Waals surface area contributed by atoms with E-state index in [1.54, 1.807) is 30.5 Å². The monoisotopic (exact) mass is 490 g/mol. The fraction of sp³-hybridized carbons (Fsp3) is 0.250. The second kappa shape index (κ2) is 9.00. The van der Waals surface area contributed by atoms with E-state index in [-0.39, 0.29) is 16.0 Å². The summed E-state index contributed by atoms with van der Waals surface area (Å²) in [7, 11) is -3.78. The SMILES string of the molecule is CC1NCCOc2ccc3c(ccn3S(=O)(=O)c3ccccc3Cl)c21.O=C(O)C(F)(F)F.